The van der Waals surface area contributed by atoms with Crippen molar-refractivity contribution in [2.45, 2.75) is 19.4 Å². The molecule has 0 bridgehead atoms. The van der Waals surface area contributed by atoms with Crippen LogP contribution in [0, 0.1) is 0 Å². The number of rotatable bonds is 4. The van der Waals surface area contributed by atoms with Gasteiger partial charge in [-0.3, -0.25) is 4.79 Å². The molecule has 1 aromatic carbocycles. The summed E-state index contributed by atoms with van der Waals surface area (Å²) in [6.45, 7) is 0.787. The number of aromatic nitrogens is 2. The highest BCUT2D eigenvalue weighted by Crippen LogP contribution is 2.12. The van der Waals surface area contributed by atoms with E-state index in [9.17, 15) is 4.79 Å². The molecule has 2 aromatic rings. The standard InChI is InChI=1S/C12H14N2O2/c1-16-12(15)7-4-8-14-9-13-10-5-2-3-6-11(10)14/h2-3,5-6,9H,4,7-8H2,1H3. The van der Waals surface area contributed by atoms with E-state index in [1.165, 1.54) is 7.11 Å². The highest BCUT2D eigenvalue weighted by molar-refractivity contribution is 5.75. The summed E-state index contributed by atoms with van der Waals surface area (Å²) in [6, 6.07) is 7.96. The first-order chi connectivity index (χ1) is 7.81. The fourth-order valence-corrected chi connectivity index (χ4v) is 1.68. The fourth-order valence-electron chi connectivity index (χ4n) is 1.68. The minimum Gasteiger partial charge on any atom is -0.469 e. The maximum atomic E-state index is 11.0. The Balaban J connectivity index is 2.02. The average Bonchev–Trinajstić information content (AvgIpc) is 2.73. The van der Waals surface area contributed by atoms with E-state index < -0.39 is 0 Å². The minimum absolute atomic E-state index is 0.163. The van der Waals surface area contributed by atoms with Gasteiger partial charge in [-0.15, -0.1) is 0 Å². The van der Waals surface area contributed by atoms with Crippen LogP contribution in [-0.4, -0.2) is 22.6 Å². The Morgan fingerprint density at radius 1 is 1.44 bits per heavy atom. The lowest BCUT2D eigenvalue weighted by molar-refractivity contribution is -0.140. The summed E-state index contributed by atoms with van der Waals surface area (Å²) in [4.78, 5) is 15.2. The van der Waals surface area contributed by atoms with Crippen LogP contribution in [0.25, 0.3) is 11.0 Å². The van der Waals surface area contributed by atoms with Crippen molar-refractivity contribution < 1.29 is 9.53 Å². The van der Waals surface area contributed by atoms with Crippen LogP contribution in [0.2, 0.25) is 0 Å². The number of carbonyl (C=O) groups excluding carboxylic acids is 1. The number of benzene rings is 1. The largest absolute Gasteiger partial charge is 0.469 e. The monoisotopic (exact) mass is 218 g/mol. The van der Waals surface area contributed by atoms with Crippen LogP contribution >= 0.6 is 0 Å². The van der Waals surface area contributed by atoms with Crippen molar-refractivity contribution in [2.75, 3.05) is 7.11 Å². The summed E-state index contributed by atoms with van der Waals surface area (Å²) in [5, 5.41) is 0. The first-order valence-electron chi connectivity index (χ1n) is 5.28. The number of methoxy groups -OCH3 is 1. The SMILES string of the molecule is COC(=O)CCCn1cnc2ccccc21. The molecule has 4 nitrogen and oxygen atoms in total. The van der Waals surface area contributed by atoms with Gasteiger partial charge in [-0.25, -0.2) is 4.98 Å². The van der Waals surface area contributed by atoms with Gasteiger partial charge in [-0.1, -0.05) is 12.1 Å². The molecule has 0 unspecified atom stereocenters. The van der Waals surface area contributed by atoms with Crippen LogP contribution in [0.5, 0.6) is 0 Å². The molecule has 0 saturated heterocycles. The molecule has 0 N–H and O–H groups in total. The van der Waals surface area contributed by atoms with Crippen LogP contribution in [0.4, 0.5) is 0 Å². The smallest absolute Gasteiger partial charge is 0.305 e. The number of imidazole rings is 1. The number of aryl methyl sites for hydroxylation is 1. The predicted molar refractivity (Wildman–Crippen MR) is 61.0 cm³/mol. The predicted octanol–water partition coefficient (Wildman–Crippen LogP) is 1.99. The van der Waals surface area contributed by atoms with Crippen LogP contribution < -0.4 is 0 Å². The molecule has 0 aliphatic carbocycles. The van der Waals surface area contributed by atoms with Gasteiger partial charge in [0, 0.05) is 13.0 Å². The van der Waals surface area contributed by atoms with Crippen molar-refractivity contribution in [3.63, 3.8) is 0 Å². The molecule has 0 radical (unpaired) electrons. The Hall–Kier alpha value is -1.84. The zero-order chi connectivity index (χ0) is 11.4. The molecule has 1 heterocycles. The van der Waals surface area contributed by atoms with Gasteiger partial charge in [0.25, 0.3) is 0 Å². The van der Waals surface area contributed by atoms with Gasteiger partial charge in [-0.05, 0) is 18.6 Å². The first kappa shape index (κ1) is 10.7. The lowest BCUT2D eigenvalue weighted by Gasteiger charge is -2.03. The van der Waals surface area contributed by atoms with E-state index in [-0.39, 0.29) is 5.97 Å². The second kappa shape index (κ2) is 4.79. The average molecular weight is 218 g/mol. The number of para-hydroxylation sites is 2. The van der Waals surface area contributed by atoms with Gasteiger partial charge in [0.05, 0.1) is 24.5 Å². The summed E-state index contributed by atoms with van der Waals surface area (Å²) in [5.41, 5.74) is 2.09. The Kier molecular flexibility index (Phi) is 3.19. The number of hydrogen-bond donors (Lipinski definition) is 0. The third kappa shape index (κ3) is 2.21. The Morgan fingerprint density at radius 2 is 2.25 bits per heavy atom. The molecule has 0 spiro atoms. The molecule has 0 aliphatic heterocycles. The normalized spacial score (nSPS) is 10.6. The van der Waals surface area contributed by atoms with Gasteiger partial charge in [0.2, 0.25) is 0 Å². The molecule has 16 heavy (non-hydrogen) atoms. The molecule has 0 fully saturated rings. The van der Waals surface area contributed by atoms with Crippen molar-refractivity contribution >= 4 is 17.0 Å². The number of esters is 1. The zero-order valence-corrected chi connectivity index (χ0v) is 9.22. The van der Waals surface area contributed by atoms with Crippen LogP contribution in [0.15, 0.2) is 30.6 Å². The summed E-state index contributed by atoms with van der Waals surface area (Å²) in [5.74, 6) is -0.163. The third-order valence-corrected chi connectivity index (χ3v) is 2.53. The second-order valence-electron chi connectivity index (χ2n) is 3.61. The summed E-state index contributed by atoms with van der Waals surface area (Å²) < 4.78 is 6.65. The first-order valence-corrected chi connectivity index (χ1v) is 5.28. The third-order valence-electron chi connectivity index (χ3n) is 2.53. The molecular weight excluding hydrogens is 204 g/mol. The van der Waals surface area contributed by atoms with Gasteiger partial charge >= 0.3 is 5.97 Å². The maximum Gasteiger partial charge on any atom is 0.305 e. The Bertz CT molecular complexity index is 490. The fraction of sp³-hybridized carbons (Fsp3) is 0.333. The molecule has 4 heteroatoms. The molecule has 0 amide bonds. The quantitative estimate of drug-likeness (QED) is 0.737. The highest BCUT2D eigenvalue weighted by atomic mass is 16.5. The van der Waals surface area contributed by atoms with E-state index in [1.807, 2.05) is 30.6 Å². The highest BCUT2D eigenvalue weighted by Gasteiger charge is 2.03. The Labute approximate surface area is 93.9 Å². The Morgan fingerprint density at radius 3 is 3.06 bits per heavy atom. The van der Waals surface area contributed by atoms with Crippen molar-refractivity contribution in [3.05, 3.63) is 30.6 Å². The minimum atomic E-state index is -0.163. The van der Waals surface area contributed by atoms with Crippen molar-refractivity contribution in [2.24, 2.45) is 0 Å². The van der Waals surface area contributed by atoms with Crippen LogP contribution in [0.3, 0.4) is 0 Å². The number of fused-ring (bicyclic) bond motifs is 1. The lowest BCUT2D eigenvalue weighted by atomic mass is 10.3. The van der Waals surface area contributed by atoms with E-state index in [2.05, 4.69) is 14.3 Å². The zero-order valence-electron chi connectivity index (χ0n) is 9.22. The van der Waals surface area contributed by atoms with Crippen molar-refractivity contribution in [1.82, 2.24) is 9.55 Å². The molecule has 2 rings (SSSR count). The molecule has 0 atom stereocenters. The van der Waals surface area contributed by atoms with Crippen LogP contribution in [0.1, 0.15) is 12.8 Å². The molecule has 0 aliphatic rings. The topological polar surface area (TPSA) is 44.1 Å². The number of ether oxygens (including phenoxy) is 1. The van der Waals surface area contributed by atoms with Crippen molar-refractivity contribution in [1.29, 1.82) is 0 Å². The number of carbonyl (C=O) groups is 1. The molecule has 0 saturated carbocycles. The van der Waals surface area contributed by atoms with Gasteiger partial charge < -0.3 is 9.30 Å². The molecule has 1 aromatic heterocycles. The van der Waals surface area contributed by atoms with E-state index >= 15 is 0 Å². The summed E-state index contributed by atoms with van der Waals surface area (Å²) >= 11 is 0. The summed E-state index contributed by atoms with van der Waals surface area (Å²) in [6.07, 6.45) is 3.03. The number of hydrogen-bond acceptors (Lipinski definition) is 3. The van der Waals surface area contributed by atoms with E-state index in [0.717, 1.165) is 24.0 Å². The lowest BCUT2D eigenvalue weighted by Crippen LogP contribution is -2.03. The molecular formula is C12H14N2O2. The summed E-state index contributed by atoms with van der Waals surface area (Å²) in [7, 11) is 1.41. The van der Waals surface area contributed by atoms with Gasteiger partial charge in [0.15, 0.2) is 0 Å². The molecule has 84 valence electrons. The van der Waals surface area contributed by atoms with E-state index in [4.69, 9.17) is 0 Å². The van der Waals surface area contributed by atoms with Gasteiger partial charge in [0.1, 0.15) is 0 Å². The van der Waals surface area contributed by atoms with Crippen LogP contribution in [-0.2, 0) is 16.1 Å². The maximum absolute atomic E-state index is 11.0. The van der Waals surface area contributed by atoms with E-state index in [1.54, 1.807) is 0 Å². The number of nitrogens with zero attached hydrogens (tertiary/aromatic N) is 2. The second-order valence-corrected chi connectivity index (χ2v) is 3.61. The van der Waals surface area contributed by atoms with E-state index in [0.29, 0.717) is 6.42 Å². The van der Waals surface area contributed by atoms with Crippen molar-refractivity contribution in [3.8, 4) is 0 Å². The van der Waals surface area contributed by atoms with Gasteiger partial charge in [-0.2, -0.15) is 0 Å².